The van der Waals surface area contributed by atoms with Crippen molar-refractivity contribution in [3.05, 3.63) is 68.5 Å². The topological polar surface area (TPSA) is 123 Å². The van der Waals surface area contributed by atoms with Crippen LogP contribution in [0.2, 0.25) is 5.02 Å². The van der Waals surface area contributed by atoms with Crippen molar-refractivity contribution in [2.45, 2.75) is 24.8 Å². The van der Waals surface area contributed by atoms with Crippen LogP contribution in [0.5, 0.6) is 11.5 Å². The van der Waals surface area contributed by atoms with Gasteiger partial charge in [-0.25, -0.2) is 4.39 Å². The van der Waals surface area contributed by atoms with Crippen molar-refractivity contribution in [1.82, 2.24) is 15.5 Å². The molecule has 0 bridgehead atoms. The molecule has 2 aromatic rings. The number of carbonyl (C=O) groups is 2. The van der Waals surface area contributed by atoms with Gasteiger partial charge in [0.1, 0.15) is 16.9 Å². The second kappa shape index (κ2) is 11.4. The summed E-state index contributed by atoms with van der Waals surface area (Å²) < 4.78 is 23.8. The minimum atomic E-state index is -1.25. The first kappa shape index (κ1) is 27.3. The Morgan fingerprint density at radius 1 is 1.16 bits per heavy atom. The van der Waals surface area contributed by atoms with Gasteiger partial charge in [0.05, 0.1) is 24.2 Å². The number of nitro benzene ring substituents is 1. The van der Waals surface area contributed by atoms with E-state index in [1.807, 2.05) is 6.08 Å². The number of carbonyl (C=O) groups excluding carboxylic acids is 2. The summed E-state index contributed by atoms with van der Waals surface area (Å²) >= 11 is 6.21. The van der Waals surface area contributed by atoms with Gasteiger partial charge in [-0.1, -0.05) is 29.8 Å². The van der Waals surface area contributed by atoms with Gasteiger partial charge in [0, 0.05) is 19.2 Å². The van der Waals surface area contributed by atoms with E-state index in [0.717, 1.165) is 17.2 Å². The Balaban J connectivity index is 1.64. The lowest BCUT2D eigenvalue weighted by Crippen LogP contribution is -2.63. The Bertz CT molecular complexity index is 1280. The van der Waals surface area contributed by atoms with Crippen LogP contribution in [-0.4, -0.2) is 67.6 Å². The third-order valence-electron chi connectivity index (χ3n) is 6.93. The zero-order valence-electron chi connectivity index (χ0n) is 21.0. The molecule has 0 unspecified atom stereocenters. The fourth-order valence-electron chi connectivity index (χ4n) is 4.96. The summed E-state index contributed by atoms with van der Waals surface area (Å²) in [5, 5.41) is 17.5. The van der Waals surface area contributed by atoms with E-state index in [9.17, 15) is 24.1 Å². The number of nitro groups is 1. The van der Waals surface area contributed by atoms with E-state index in [-0.39, 0.29) is 33.8 Å². The summed E-state index contributed by atoms with van der Waals surface area (Å²) in [6.45, 7) is 1.72. The first-order chi connectivity index (χ1) is 18.2. The number of hydrogen-bond donors (Lipinski definition) is 2. The summed E-state index contributed by atoms with van der Waals surface area (Å²) in [6, 6.07) is 7.27. The predicted octanol–water partition coefficient (Wildman–Crippen LogP) is 3.57. The molecule has 0 spiro atoms. The molecular formula is C26H28ClFN4O6. The van der Waals surface area contributed by atoms with Crippen LogP contribution < -0.4 is 20.1 Å². The number of benzene rings is 2. The molecular weight excluding hydrogens is 519 g/mol. The molecule has 38 heavy (non-hydrogen) atoms. The van der Waals surface area contributed by atoms with Crippen molar-refractivity contribution in [1.29, 1.82) is 0 Å². The molecule has 2 N–H and O–H groups in total. The van der Waals surface area contributed by atoms with Crippen LogP contribution in [0.15, 0.2) is 36.4 Å². The van der Waals surface area contributed by atoms with E-state index in [2.05, 4.69) is 10.6 Å². The molecule has 0 atom stereocenters. The average Bonchev–Trinajstić information content (AvgIpc) is 2.93. The maximum atomic E-state index is 13.9. The molecule has 1 saturated heterocycles. The maximum absolute atomic E-state index is 13.9. The van der Waals surface area contributed by atoms with E-state index in [1.165, 1.54) is 26.4 Å². The summed E-state index contributed by atoms with van der Waals surface area (Å²) in [5.74, 6) is -1.73. The molecule has 2 aliphatic rings. The fraction of sp³-hybridized carbons (Fsp3) is 0.385. The number of halogens is 2. The quantitative estimate of drug-likeness (QED) is 0.402. The molecule has 10 nitrogen and oxygen atoms in total. The van der Waals surface area contributed by atoms with Crippen LogP contribution in [0.3, 0.4) is 0 Å². The second-order valence-corrected chi connectivity index (χ2v) is 9.51. The number of nitrogens with one attached hydrogen (secondary N) is 2. The first-order valence-corrected chi connectivity index (χ1v) is 12.4. The number of ether oxygens (including phenoxy) is 2. The zero-order chi connectivity index (χ0) is 27.4. The van der Waals surface area contributed by atoms with Gasteiger partial charge in [0.2, 0.25) is 11.7 Å². The SMILES string of the molecule is COc1c(Cl)cc([N+](=O)[O-])c(OC)c1C(=O)NC1(C(=O)N2CC=C(c3ccc(F)cc3)CC2)CCNCC1. The molecule has 0 saturated carbocycles. The highest BCUT2D eigenvalue weighted by Crippen LogP contribution is 2.43. The summed E-state index contributed by atoms with van der Waals surface area (Å²) in [4.78, 5) is 40.2. The van der Waals surface area contributed by atoms with Crippen molar-refractivity contribution in [2.24, 2.45) is 0 Å². The van der Waals surface area contributed by atoms with E-state index < -0.39 is 22.1 Å². The van der Waals surface area contributed by atoms with Crippen molar-refractivity contribution < 1.29 is 28.4 Å². The lowest BCUT2D eigenvalue weighted by atomic mass is 9.85. The van der Waals surface area contributed by atoms with Crippen LogP contribution in [-0.2, 0) is 4.79 Å². The molecule has 202 valence electrons. The number of hydrogen-bond acceptors (Lipinski definition) is 7. The monoisotopic (exact) mass is 546 g/mol. The summed E-state index contributed by atoms with van der Waals surface area (Å²) in [6.07, 6.45) is 3.13. The number of rotatable bonds is 7. The van der Waals surface area contributed by atoms with Crippen molar-refractivity contribution in [2.75, 3.05) is 40.4 Å². The highest BCUT2D eigenvalue weighted by molar-refractivity contribution is 6.33. The van der Waals surface area contributed by atoms with Gasteiger partial charge in [0.25, 0.3) is 5.91 Å². The Labute approximate surface area is 223 Å². The van der Waals surface area contributed by atoms with E-state index >= 15 is 0 Å². The molecule has 12 heteroatoms. The number of nitrogens with zero attached hydrogens (tertiary/aromatic N) is 2. The lowest BCUT2D eigenvalue weighted by Gasteiger charge is -2.41. The van der Waals surface area contributed by atoms with E-state index in [0.29, 0.717) is 45.4 Å². The van der Waals surface area contributed by atoms with Crippen LogP contribution in [0.25, 0.3) is 5.57 Å². The molecule has 2 amide bonds. The standard InChI is InChI=1S/C26H28ClFN4O6/c1-37-22-19(27)15-20(32(35)36)23(38-2)21(22)24(33)30-26(9-11-29-12-10-26)25(34)31-13-7-17(8-14-31)16-3-5-18(28)6-4-16/h3-7,15,29H,8-14H2,1-2H3,(H,30,33). The van der Waals surface area contributed by atoms with Crippen molar-refractivity contribution >= 4 is 34.7 Å². The third-order valence-corrected chi connectivity index (χ3v) is 7.21. The molecule has 4 rings (SSSR count). The van der Waals surface area contributed by atoms with Crippen molar-refractivity contribution in [3.63, 3.8) is 0 Å². The van der Waals surface area contributed by atoms with E-state index in [1.54, 1.807) is 17.0 Å². The molecule has 0 aliphatic carbocycles. The van der Waals surface area contributed by atoms with Gasteiger partial charge in [-0.05, 0) is 55.6 Å². The first-order valence-electron chi connectivity index (χ1n) is 12.1. The Morgan fingerprint density at radius 2 is 1.82 bits per heavy atom. The van der Waals surface area contributed by atoms with Gasteiger partial charge in [0.15, 0.2) is 5.75 Å². The van der Waals surface area contributed by atoms with Crippen LogP contribution in [0.1, 0.15) is 35.2 Å². The molecule has 2 heterocycles. The molecule has 2 aromatic carbocycles. The Hall–Kier alpha value is -3.70. The smallest absolute Gasteiger partial charge is 0.313 e. The van der Waals surface area contributed by atoms with Gasteiger partial charge in [-0.3, -0.25) is 19.7 Å². The van der Waals surface area contributed by atoms with Gasteiger partial charge >= 0.3 is 5.69 Å². The van der Waals surface area contributed by atoms with Gasteiger partial charge < -0.3 is 25.0 Å². The van der Waals surface area contributed by atoms with Crippen LogP contribution in [0.4, 0.5) is 10.1 Å². The van der Waals surface area contributed by atoms with Gasteiger partial charge in [-0.2, -0.15) is 0 Å². The Kier molecular flexibility index (Phi) is 8.17. The number of amides is 2. The maximum Gasteiger partial charge on any atom is 0.313 e. The Morgan fingerprint density at radius 3 is 2.37 bits per heavy atom. The third kappa shape index (κ3) is 5.30. The largest absolute Gasteiger partial charge is 0.494 e. The minimum absolute atomic E-state index is 0.0898. The van der Waals surface area contributed by atoms with Gasteiger partial charge in [-0.15, -0.1) is 0 Å². The number of methoxy groups -OCH3 is 2. The van der Waals surface area contributed by atoms with Crippen molar-refractivity contribution in [3.8, 4) is 11.5 Å². The fourth-order valence-corrected chi connectivity index (χ4v) is 5.23. The minimum Gasteiger partial charge on any atom is -0.494 e. The lowest BCUT2D eigenvalue weighted by molar-refractivity contribution is -0.385. The zero-order valence-corrected chi connectivity index (χ0v) is 21.8. The highest BCUT2D eigenvalue weighted by atomic mass is 35.5. The molecule has 2 aliphatic heterocycles. The highest BCUT2D eigenvalue weighted by Gasteiger charge is 2.45. The molecule has 0 radical (unpaired) electrons. The molecule has 1 fully saturated rings. The number of piperidine rings is 1. The van der Waals surface area contributed by atoms with E-state index in [4.69, 9.17) is 21.1 Å². The summed E-state index contributed by atoms with van der Waals surface area (Å²) in [5.41, 5.74) is -0.0969. The second-order valence-electron chi connectivity index (χ2n) is 9.10. The summed E-state index contributed by atoms with van der Waals surface area (Å²) in [7, 11) is 2.49. The predicted molar refractivity (Wildman–Crippen MR) is 139 cm³/mol. The normalized spacial score (nSPS) is 16.8. The average molecular weight is 547 g/mol. The molecule has 0 aromatic heterocycles. The van der Waals surface area contributed by atoms with Crippen LogP contribution >= 0.6 is 11.6 Å². The van der Waals surface area contributed by atoms with Crippen LogP contribution in [0, 0.1) is 15.9 Å².